The van der Waals surface area contributed by atoms with Crippen LogP contribution in [0.15, 0.2) is 72.9 Å². The van der Waals surface area contributed by atoms with Gasteiger partial charge in [0.25, 0.3) is 0 Å². The van der Waals surface area contributed by atoms with Crippen molar-refractivity contribution in [3.63, 3.8) is 0 Å². The van der Waals surface area contributed by atoms with Crippen LogP contribution >= 0.6 is 0 Å². The Labute approximate surface area is 329 Å². The van der Waals surface area contributed by atoms with E-state index in [1.165, 1.54) is 25.7 Å². The van der Waals surface area contributed by atoms with Gasteiger partial charge in [-0.3, -0.25) is 4.90 Å². The summed E-state index contributed by atoms with van der Waals surface area (Å²) >= 11 is 0. The van der Waals surface area contributed by atoms with E-state index in [2.05, 4.69) is 116 Å². The zero-order chi connectivity index (χ0) is 38.9. The SMILES string of the molecule is CCC/C=C\C/C=C\CCCCC(O)CNCCN(C)CCN(CC(O)CCCC/C=C\C/C=C\CCC)CC(O)CCCC/C=C\C/C=C\CCC. The molecule has 0 bridgehead atoms. The first-order valence-corrected chi connectivity index (χ1v) is 22.0. The van der Waals surface area contributed by atoms with Crippen molar-refractivity contribution in [1.29, 1.82) is 0 Å². The average Bonchev–Trinajstić information content (AvgIpc) is 3.14. The van der Waals surface area contributed by atoms with Gasteiger partial charge in [-0.15, -0.1) is 0 Å². The van der Waals surface area contributed by atoms with Gasteiger partial charge in [0.15, 0.2) is 0 Å². The predicted molar refractivity (Wildman–Crippen MR) is 234 cm³/mol. The fourth-order valence-electron chi connectivity index (χ4n) is 6.05. The van der Waals surface area contributed by atoms with Gasteiger partial charge >= 0.3 is 0 Å². The summed E-state index contributed by atoms with van der Waals surface area (Å²) in [6.07, 6.45) is 48.2. The molecule has 308 valence electrons. The van der Waals surface area contributed by atoms with Crippen molar-refractivity contribution in [3.8, 4) is 0 Å². The summed E-state index contributed by atoms with van der Waals surface area (Å²) in [6, 6.07) is 0. The third kappa shape index (κ3) is 39.7. The van der Waals surface area contributed by atoms with Crippen molar-refractivity contribution in [1.82, 2.24) is 15.1 Å². The molecule has 3 unspecified atom stereocenters. The van der Waals surface area contributed by atoms with Crippen molar-refractivity contribution in [2.45, 2.75) is 174 Å². The molecular weight excluding hydrogens is 655 g/mol. The van der Waals surface area contributed by atoms with Crippen LogP contribution in [0.3, 0.4) is 0 Å². The van der Waals surface area contributed by atoms with E-state index in [-0.39, 0.29) is 18.3 Å². The average molecular weight is 742 g/mol. The first-order chi connectivity index (χ1) is 25.9. The molecular formula is C47H87N3O3. The molecule has 0 aliphatic rings. The molecule has 0 saturated heterocycles. The Kier molecular flexibility index (Phi) is 40.0. The van der Waals surface area contributed by atoms with Crippen LogP contribution in [-0.2, 0) is 0 Å². The van der Waals surface area contributed by atoms with Crippen molar-refractivity contribution in [2.24, 2.45) is 0 Å². The molecule has 0 aliphatic carbocycles. The minimum atomic E-state index is -0.378. The lowest BCUT2D eigenvalue weighted by Gasteiger charge is -2.29. The maximum absolute atomic E-state index is 10.9. The van der Waals surface area contributed by atoms with Crippen LogP contribution in [0.5, 0.6) is 0 Å². The highest BCUT2D eigenvalue weighted by molar-refractivity contribution is 4.94. The Morgan fingerprint density at radius 1 is 0.453 bits per heavy atom. The number of hydrogen-bond donors (Lipinski definition) is 4. The van der Waals surface area contributed by atoms with Crippen molar-refractivity contribution < 1.29 is 15.3 Å². The smallest absolute Gasteiger partial charge is 0.0667 e. The lowest BCUT2D eigenvalue weighted by molar-refractivity contribution is 0.0565. The van der Waals surface area contributed by atoms with Crippen LogP contribution in [0.25, 0.3) is 0 Å². The molecule has 0 aromatic rings. The highest BCUT2D eigenvalue weighted by Gasteiger charge is 2.16. The van der Waals surface area contributed by atoms with Gasteiger partial charge in [0.05, 0.1) is 18.3 Å². The Morgan fingerprint density at radius 3 is 1.23 bits per heavy atom. The molecule has 53 heavy (non-hydrogen) atoms. The summed E-state index contributed by atoms with van der Waals surface area (Å²) in [7, 11) is 2.14. The van der Waals surface area contributed by atoms with Gasteiger partial charge in [-0.05, 0) is 103 Å². The highest BCUT2D eigenvalue weighted by atomic mass is 16.3. The third-order valence-electron chi connectivity index (χ3n) is 9.44. The molecule has 4 N–H and O–H groups in total. The van der Waals surface area contributed by atoms with E-state index in [4.69, 9.17) is 0 Å². The molecule has 6 heteroatoms. The lowest BCUT2D eigenvalue weighted by atomic mass is 10.1. The second-order valence-corrected chi connectivity index (χ2v) is 15.0. The number of nitrogens with zero attached hydrogens (tertiary/aromatic N) is 2. The van der Waals surface area contributed by atoms with E-state index in [0.717, 1.165) is 135 Å². The van der Waals surface area contributed by atoms with Gasteiger partial charge in [0.2, 0.25) is 0 Å². The van der Waals surface area contributed by atoms with Crippen molar-refractivity contribution >= 4 is 0 Å². The quantitative estimate of drug-likeness (QED) is 0.0371. The Balaban J connectivity index is 4.52. The van der Waals surface area contributed by atoms with E-state index in [1.807, 2.05) is 0 Å². The number of rotatable bonds is 39. The topological polar surface area (TPSA) is 79.2 Å². The number of likely N-dealkylation sites (N-methyl/N-ethyl adjacent to an activating group) is 1. The molecule has 0 spiro atoms. The molecule has 0 amide bonds. The summed E-state index contributed by atoms with van der Waals surface area (Å²) in [5, 5.41) is 35.7. The minimum Gasteiger partial charge on any atom is -0.392 e. The second-order valence-electron chi connectivity index (χ2n) is 15.0. The lowest BCUT2D eigenvalue weighted by Crippen LogP contribution is -2.43. The number of hydrogen-bond acceptors (Lipinski definition) is 6. The zero-order valence-electron chi connectivity index (χ0n) is 35.2. The molecule has 0 aromatic carbocycles. The van der Waals surface area contributed by atoms with Crippen LogP contribution in [0.4, 0.5) is 0 Å². The van der Waals surface area contributed by atoms with E-state index in [1.54, 1.807) is 0 Å². The summed E-state index contributed by atoms with van der Waals surface area (Å²) < 4.78 is 0. The number of allylic oxidation sites excluding steroid dienone is 12. The fraction of sp³-hybridized carbons (Fsp3) is 0.745. The molecule has 0 rings (SSSR count). The molecule has 0 saturated carbocycles. The van der Waals surface area contributed by atoms with Crippen LogP contribution in [0.1, 0.15) is 156 Å². The minimum absolute atomic E-state index is 0.299. The largest absolute Gasteiger partial charge is 0.392 e. The number of nitrogens with one attached hydrogen (secondary N) is 1. The number of unbranched alkanes of at least 4 members (excludes halogenated alkanes) is 9. The van der Waals surface area contributed by atoms with Gasteiger partial charge in [-0.2, -0.15) is 0 Å². The summed E-state index contributed by atoms with van der Waals surface area (Å²) in [5.41, 5.74) is 0. The van der Waals surface area contributed by atoms with Gasteiger partial charge < -0.3 is 25.5 Å². The summed E-state index contributed by atoms with van der Waals surface area (Å²) in [6.45, 7) is 11.9. The third-order valence-corrected chi connectivity index (χ3v) is 9.44. The van der Waals surface area contributed by atoms with Gasteiger partial charge in [-0.1, -0.05) is 132 Å². The van der Waals surface area contributed by atoms with Crippen LogP contribution in [0.2, 0.25) is 0 Å². The van der Waals surface area contributed by atoms with Crippen molar-refractivity contribution in [3.05, 3.63) is 72.9 Å². The molecule has 0 fully saturated rings. The molecule has 0 heterocycles. The standard InChI is InChI=1S/C47H87N3O3/c1-5-8-11-14-17-20-23-26-29-32-35-45(51)42-48-38-39-49(4)40-41-50(43-46(52)36-33-30-27-24-21-18-15-12-9-6-2)44-47(53)37-34-31-28-25-22-19-16-13-10-7-3/h11-16,20-25,45-48,51-53H,5-10,17-19,26-44H2,1-4H3/b14-11-,15-12-,16-13-,23-20-,24-21-,25-22-. The fourth-order valence-corrected chi connectivity index (χ4v) is 6.05. The van der Waals surface area contributed by atoms with E-state index < -0.39 is 0 Å². The monoisotopic (exact) mass is 742 g/mol. The summed E-state index contributed by atoms with van der Waals surface area (Å²) in [4.78, 5) is 4.58. The van der Waals surface area contributed by atoms with Gasteiger partial charge in [0, 0.05) is 45.8 Å². The first kappa shape index (κ1) is 51.2. The van der Waals surface area contributed by atoms with E-state index in [0.29, 0.717) is 19.6 Å². The Bertz CT molecular complexity index is 884. The Morgan fingerprint density at radius 2 is 0.830 bits per heavy atom. The van der Waals surface area contributed by atoms with Crippen LogP contribution in [0, 0.1) is 0 Å². The molecule has 0 aromatic heterocycles. The van der Waals surface area contributed by atoms with Crippen LogP contribution in [-0.4, -0.2) is 96.3 Å². The van der Waals surface area contributed by atoms with Crippen molar-refractivity contribution in [2.75, 3.05) is 52.9 Å². The zero-order valence-corrected chi connectivity index (χ0v) is 35.2. The highest BCUT2D eigenvalue weighted by Crippen LogP contribution is 2.11. The first-order valence-electron chi connectivity index (χ1n) is 22.0. The van der Waals surface area contributed by atoms with E-state index in [9.17, 15) is 15.3 Å². The molecule has 0 radical (unpaired) electrons. The molecule has 6 nitrogen and oxygen atoms in total. The number of aliphatic hydroxyl groups is 3. The second kappa shape index (κ2) is 41.4. The predicted octanol–water partition coefficient (Wildman–Crippen LogP) is 10.5. The maximum Gasteiger partial charge on any atom is 0.0667 e. The molecule has 3 atom stereocenters. The van der Waals surface area contributed by atoms with E-state index >= 15 is 0 Å². The maximum atomic E-state index is 10.9. The Hall–Kier alpha value is -1.80. The normalized spacial score (nSPS) is 14.7. The van der Waals surface area contributed by atoms with Gasteiger partial charge in [0.1, 0.15) is 0 Å². The van der Waals surface area contributed by atoms with Gasteiger partial charge in [-0.25, -0.2) is 0 Å². The summed E-state index contributed by atoms with van der Waals surface area (Å²) in [5.74, 6) is 0. The molecule has 0 aliphatic heterocycles. The van der Waals surface area contributed by atoms with Crippen LogP contribution < -0.4 is 5.32 Å². The number of aliphatic hydroxyl groups excluding tert-OH is 3.